The number of benzene rings is 2. The highest BCUT2D eigenvalue weighted by Crippen LogP contribution is 2.30. The number of thiophene rings is 1. The van der Waals surface area contributed by atoms with E-state index in [1.54, 1.807) is 37.3 Å². The fraction of sp³-hybridized carbons (Fsp3) is 0.158. The number of sulfonamides is 1. The largest absolute Gasteiger partial charge is 0.465 e. The van der Waals surface area contributed by atoms with Crippen molar-refractivity contribution in [3.8, 4) is 0 Å². The van der Waals surface area contributed by atoms with Gasteiger partial charge in [-0.05, 0) is 48.7 Å². The molecule has 2 aromatic heterocycles. The summed E-state index contributed by atoms with van der Waals surface area (Å²) in [7, 11) is -2.60. The van der Waals surface area contributed by atoms with Crippen molar-refractivity contribution in [2.75, 3.05) is 11.8 Å². The van der Waals surface area contributed by atoms with Crippen molar-refractivity contribution in [2.45, 2.75) is 18.4 Å². The van der Waals surface area contributed by atoms with Crippen LogP contribution in [0.4, 0.5) is 5.69 Å². The molecule has 0 radical (unpaired) electrons. The molecule has 0 bridgehead atoms. The lowest BCUT2D eigenvalue weighted by Crippen LogP contribution is -2.13. The Morgan fingerprint density at radius 3 is 2.72 bits per heavy atom. The molecule has 0 fully saturated rings. The third kappa shape index (κ3) is 3.40. The second kappa shape index (κ2) is 7.05. The Hall–Kier alpha value is -3.11. The van der Waals surface area contributed by atoms with E-state index in [2.05, 4.69) is 4.72 Å². The number of fused-ring (bicyclic) bond motifs is 2. The summed E-state index contributed by atoms with van der Waals surface area (Å²) in [6, 6.07) is 10.9. The highest BCUT2D eigenvalue weighted by atomic mass is 32.2. The molecule has 4 aromatic rings. The Balaban J connectivity index is 1.68. The highest BCUT2D eigenvalue weighted by molar-refractivity contribution is 7.92. The lowest BCUT2D eigenvalue weighted by Gasteiger charge is -2.08. The number of esters is 1. The van der Waals surface area contributed by atoms with Crippen LogP contribution in [-0.4, -0.2) is 26.1 Å². The average molecular weight is 432 g/mol. The van der Waals surface area contributed by atoms with Crippen LogP contribution in [0.15, 0.2) is 56.6 Å². The summed E-state index contributed by atoms with van der Waals surface area (Å²) in [4.78, 5) is 23.9. The number of ether oxygens (including phenoxy) is 1. The van der Waals surface area contributed by atoms with Gasteiger partial charge < -0.3 is 9.15 Å². The lowest BCUT2D eigenvalue weighted by atomic mass is 10.2. The number of hydrogen-bond donors (Lipinski definition) is 1. The predicted molar refractivity (Wildman–Crippen MR) is 110 cm³/mol. The summed E-state index contributed by atoms with van der Waals surface area (Å²) in [6.45, 7) is 2.22. The molecule has 29 heavy (non-hydrogen) atoms. The van der Waals surface area contributed by atoms with Crippen LogP contribution >= 0.6 is 11.3 Å². The van der Waals surface area contributed by atoms with Gasteiger partial charge >= 0.3 is 11.7 Å². The van der Waals surface area contributed by atoms with Crippen LogP contribution in [0.25, 0.3) is 21.2 Å². The van der Waals surface area contributed by atoms with Crippen LogP contribution in [0.1, 0.15) is 16.6 Å². The van der Waals surface area contributed by atoms with E-state index in [-0.39, 0.29) is 10.5 Å². The molecule has 150 valence electrons. The van der Waals surface area contributed by atoms with E-state index in [0.717, 1.165) is 10.1 Å². The molecule has 8 nitrogen and oxygen atoms in total. The Bertz CT molecular complexity index is 1410. The number of carbonyl (C=O) groups excluding carboxylic acids is 1. The number of nitrogens with zero attached hydrogens (tertiary/aromatic N) is 1. The maximum Gasteiger partial charge on any atom is 0.419 e. The summed E-state index contributed by atoms with van der Waals surface area (Å²) in [6.07, 6.45) is 0. The van der Waals surface area contributed by atoms with Gasteiger partial charge in [-0.2, -0.15) is 0 Å². The first kappa shape index (κ1) is 19.2. The van der Waals surface area contributed by atoms with Crippen molar-refractivity contribution < 1.29 is 22.4 Å². The van der Waals surface area contributed by atoms with E-state index < -0.39 is 21.7 Å². The zero-order valence-corrected chi connectivity index (χ0v) is 17.1. The summed E-state index contributed by atoms with van der Waals surface area (Å²) >= 11 is 1.26. The molecule has 2 aromatic carbocycles. The van der Waals surface area contributed by atoms with Crippen molar-refractivity contribution in [3.63, 3.8) is 0 Å². The third-order valence-corrected chi connectivity index (χ3v) is 6.90. The Morgan fingerprint density at radius 1 is 1.21 bits per heavy atom. The second-order valence-corrected chi connectivity index (χ2v) is 8.97. The minimum absolute atomic E-state index is 0.0253. The van der Waals surface area contributed by atoms with E-state index in [4.69, 9.17) is 9.15 Å². The van der Waals surface area contributed by atoms with Gasteiger partial charge in [0, 0.05) is 23.0 Å². The van der Waals surface area contributed by atoms with Gasteiger partial charge in [0.1, 0.15) is 4.88 Å². The van der Waals surface area contributed by atoms with Gasteiger partial charge in [-0.25, -0.2) is 18.0 Å². The number of aromatic nitrogens is 1. The van der Waals surface area contributed by atoms with Gasteiger partial charge in [0.15, 0.2) is 5.58 Å². The van der Waals surface area contributed by atoms with Gasteiger partial charge in [0.2, 0.25) is 0 Å². The van der Waals surface area contributed by atoms with E-state index in [1.165, 1.54) is 35.1 Å². The number of carbonyl (C=O) groups is 1. The number of anilines is 1. The van der Waals surface area contributed by atoms with E-state index in [9.17, 15) is 18.0 Å². The van der Waals surface area contributed by atoms with Crippen LogP contribution in [0.5, 0.6) is 0 Å². The maximum absolute atomic E-state index is 12.8. The van der Waals surface area contributed by atoms with Gasteiger partial charge in [0.25, 0.3) is 10.0 Å². The number of hydrogen-bond acceptors (Lipinski definition) is 7. The minimum Gasteiger partial charge on any atom is -0.465 e. The standard InChI is InChI=1S/C19H16N2O6S2/c1-3-21-14-6-5-13(10-15(14)27-19(21)23)29(24,25)20-12-4-7-16-11(8-12)9-17(28-16)18(22)26-2/h4-10,20H,3H2,1-2H3. The Labute approximate surface area is 169 Å². The van der Waals surface area contributed by atoms with Crippen LogP contribution in [0.3, 0.4) is 0 Å². The molecular formula is C19H16N2O6S2. The lowest BCUT2D eigenvalue weighted by molar-refractivity contribution is 0.0606. The molecule has 0 amide bonds. The zero-order chi connectivity index (χ0) is 20.8. The summed E-state index contributed by atoms with van der Waals surface area (Å²) in [5.41, 5.74) is 1.08. The molecule has 0 unspecified atom stereocenters. The van der Waals surface area contributed by atoms with E-state index in [1.807, 2.05) is 0 Å². The van der Waals surface area contributed by atoms with Gasteiger partial charge in [-0.3, -0.25) is 9.29 Å². The number of oxazole rings is 1. The first-order valence-electron chi connectivity index (χ1n) is 8.60. The fourth-order valence-electron chi connectivity index (χ4n) is 3.04. The summed E-state index contributed by atoms with van der Waals surface area (Å²) in [5, 5.41) is 0.720. The summed E-state index contributed by atoms with van der Waals surface area (Å²) in [5.74, 6) is -0.975. The van der Waals surface area contributed by atoms with Crippen molar-refractivity contribution >= 4 is 54.2 Å². The Kier molecular flexibility index (Phi) is 4.67. The molecule has 10 heteroatoms. The molecular weight excluding hydrogens is 416 g/mol. The molecule has 4 rings (SSSR count). The van der Waals surface area contributed by atoms with Crippen LogP contribution in [-0.2, 0) is 21.3 Å². The second-order valence-electron chi connectivity index (χ2n) is 6.20. The molecule has 0 aliphatic heterocycles. The smallest absolute Gasteiger partial charge is 0.419 e. The quantitative estimate of drug-likeness (QED) is 0.484. The normalized spacial score (nSPS) is 11.8. The fourth-order valence-corrected chi connectivity index (χ4v) is 5.06. The van der Waals surface area contributed by atoms with E-state index in [0.29, 0.717) is 22.6 Å². The van der Waals surface area contributed by atoms with Crippen LogP contribution in [0, 0.1) is 0 Å². The molecule has 2 heterocycles. The molecule has 0 saturated heterocycles. The number of aryl methyl sites for hydroxylation is 1. The van der Waals surface area contributed by atoms with Crippen molar-refractivity contribution in [1.82, 2.24) is 4.57 Å². The first-order valence-corrected chi connectivity index (χ1v) is 10.9. The molecule has 0 aliphatic rings. The highest BCUT2D eigenvalue weighted by Gasteiger charge is 2.18. The van der Waals surface area contributed by atoms with Crippen LogP contribution in [0.2, 0.25) is 0 Å². The van der Waals surface area contributed by atoms with Gasteiger partial charge in [0.05, 0.1) is 17.5 Å². The first-order chi connectivity index (χ1) is 13.8. The molecule has 0 saturated carbocycles. The average Bonchev–Trinajstić information content (AvgIpc) is 3.25. The van der Waals surface area contributed by atoms with E-state index >= 15 is 0 Å². The molecule has 0 atom stereocenters. The van der Waals surface area contributed by atoms with Gasteiger partial charge in [-0.1, -0.05) is 0 Å². The number of methoxy groups -OCH3 is 1. The van der Waals surface area contributed by atoms with Crippen molar-refractivity contribution in [1.29, 1.82) is 0 Å². The zero-order valence-electron chi connectivity index (χ0n) is 15.5. The predicted octanol–water partition coefficient (Wildman–Crippen LogP) is 3.42. The van der Waals surface area contributed by atoms with Crippen molar-refractivity contribution in [3.05, 3.63) is 57.9 Å². The number of rotatable bonds is 5. The third-order valence-electron chi connectivity index (χ3n) is 4.42. The monoisotopic (exact) mass is 432 g/mol. The minimum atomic E-state index is -3.91. The molecule has 0 spiro atoms. The van der Waals surface area contributed by atoms with Crippen LogP contribution < -0.4 is 10.5 Å². The molecule has 1 N–H and O–H groups in total. The number of nitrogens with one attached hydrogen (secondary N) is 1. The maximum atomic E-state index is 12.8. The molecule has 0 aliphatic carbocycles. The summed E-state index contributed by atoms with van der Waals surface area (Å²) < 4.78 is 40.2. The SMILES string of the molecule is CCn1c(=O)oc2cc(S(=O)(=O)Nc3ccc4sc(C(=O)OC)cc4c3)ccc21. The topological polar surface area (TPSA) is 108 Å². The Morgan fingerprint density at radius 2 is 2.00 bits per heavy atom. The van der Waals surface area contributed by atoms with Gasteiger partial charge in [-0.15, -0.1) is 11.3 Å². The van der Waals surface area contributed by atoms with Crippen molar-refractivity contribution in [2.24, 2.45) is 0 Å².